The van der Waals surface area contributed by atoms with Crippen LogP contribution in [0.2, 0.25) is 26.2 Å². The molecule has 0 nitrogen and oxygen atoms in total. The summed E-state index contributed by atoms with van der Waals surface area (Å²) in [7, 11) is -0.611. The maximum absolute atomic E-state index is 3.66. The first-order chi connectivity index (χ1) is 11.9. The second-order valence-corrected chi connectivity index (χ2v) is 18.0. The largest absolute Gasteiger partial charge is 0.0959 e. The van der Waals surface area contributed by atoms with Crippen molar-refractivity contribution in [1.82, 2.24) is 0 Å². The van der Waals surface area contributed by atoms with Crippen LogP contribution in [0, 0.1) is 17.3 Å². The maximum atomic E-state index is 3.66. The summed E-state index contributed by atoms with van der Waals surface area (Å²) < 4.78 is 0. The molecule has 0 atom stereocenters. The number of hydrogen-bond acceptors (Lipinski definition) is 0. The van der Waals surface area contributed by atoms with Gasteiger partial charge in [0.25, 0.3) is 0 Å². The van der Waals surface area contributed by atoms with Gasteiger partial charge in [-0.15, -0.1) is 0 Å². The number of allylic oxidation sites excluding steroid dienone is 4. The fourth-order valence-electron chi connectivity index (χ4n) is 0. The molecule has 0 saturated heterocycles. The van der Waals surface area contributed by atoms with Crippen molar-refractivity contribution in [1.29, 1.82) is 0 Å². The van der Waals surface area contributed by atoms with Crippen LogP contribution >= 0.6 is 0 Å². The Morgan fingerprint density at radius 1 is 0.571 bits per heavy atom. The summed E-state index contributed by atoms with van der Waals surface area (Å²) >= 11 is 0. The Labute approximate surface area is 184 Å². The molecule has 0 radical (unpaired) electrons. The fraction of sp³-hybridized carbons (Fsp3) is 0.778. The SMILES string of the molecule is C=C(C)C(=C)C.CC(C)(C)C.CC(C)=C(C)C.CC(C)C(C)C.C[Si](C)(C)C. The molecule has 0 saturated carbocycles. The highest BCUT2D eigenvalue weighted by Crippen LogP contribution is 2.08. The molecule has 172 valence electrons. The topological polar surface area (TPSA) is 0 Å². The number of hydrogen-bond donors (Lipinski definition) is 0. The fourth-order valence-corrected chi connectivity index (χ4v) is 0. The van der Waals surface area contributed by atoms with Crippen molar-refractivity contribution in [2.75, 3.05) is 0 Å². The first kappa shape index (κ1) is 38.1. The van der Waals surface area contributed by atoms with E-state index >= 15 is 0 Å². The highest BCUT2D eigenvalue weighted by atomic mass is 28.3. The van der Waals surface area contributed by atoms with Crippen molar-refractivity contribution < 1.29 is 0 Å². The minimum atomic E-state index is -0.611. The van der Waals surface area contributed by atoms with Gasteiger partial charge in [-0.3, -0.25) is 0 Å². The summed E-state index contributed by atoms with van der Waals surface area (Å²) in [5, 5.41) is 0. The van der Waals surface area contributed by atoms with Gasteiger partial charge in [0.05, 0.1) is 0 Å². The molecule has 0 heterocycles. The molecule has 0 aromatic heterocycles. The molecular formula is C27H60Si. The third kappa shape index (κ3) is 116. The van der Waals surface area contributed by atoms with E-state index in [9.17, 15) is 0 Å². The molecule has 0 aromatic carbocycles. The maximum Gasteiger partial charge on any atom is 0.0411 e. The molecule has 0 fully saturated rings. The second kappa shape index (κ2) is 19.7. The van der Waals surface area contributed by atoms with E-state index < -0.39 is 8.07 Å². The van der Waals surface area contributed by atoms with Crippen LogP contribution in [0.25, 0.3) is 0 Å². The van der Waals surface area contributed by atoms with Gasteiger partial charge in [0.2, 0.25) is 0 Å². The van der Waals surface area contributed by atoms with Gasteiger partial charge in [-0.1, -0.05) is 117 Å². The van der Waals surface area contributed by atoms with Crippen LogP contribution in [0.4, 0.5) is 0 Å². The van der Waals surface area contributed by atoms with Gasteiger partial charge in [0.15, 0.2) is 0 Å². The molecule has 0 aromatic rings. The Morgan fingerprint density at radius 2 is 0.679 bits per heavy atom. The minimum Gasteiger partial charge on any atom is -0.0959 e. The summed E-state index contributed by atoms with van der Waals surface area (Å²) in [5.41, 5.74) is 5.48. The van der Waals surface area contributed by atoms with Crippen LogP contribution in [0.1, 0.15) is 96.9 Å². The first-order valence-electron chi connectivity index (χ1n) is 10.8. The molecule has 28 heavy (non-hydrogen) atoms. The van der Waals surface area contributed by atoms with Gasteiger partial charge in [-0.2, -0.15) is 0 Å². The monoisotopic (exact) mass is 412 g/mol. The minimum absolute atomic E-state index is 0.500. The molecule has 0 aliphatic rings. The molecule has 0 bridgehead atoms. The lowest BCUT2D eigenvalue weighted by Gasteiger charge is -2.05. The van der Waals surface area contributed by atoms with Crippen molar-refractivity contribution in [3.63, 3.8) is 0 Å². The molecule has 0 unspecified atom stereocenters. The van der Waals surface area contributed by atoms with E-state index in [0.717, 1.165) is 23.0 Å². The zero-order valence-corrected chi connectivity index (χ0v) is 24.6. The van der Waals surface area contributed by atoms with E-state index in [0.29, 0.717) is 5.41 Å². The Kier molecular flexibility index (Phi) is 26.9. The Morgan fingerprint density at radius 3 is 0.679 bits per heavy atom. The predicted octanol–water partition coefficient (Wildman–Crippen LogP) is 10.8. The quantitative estimate of drug-likeness (QED) is 0.240. The first-order valence-corrected chi connectivity index (χ1v) is 14.8. The summed E-state index contributed by atoms with van der Waals surface area (Å²) in [4.78, 5) is 0. The van der Waals surface area contributed by atoms with Gasteiger partial charge in [0, 0.05) is 8.07 Å². The van der Waals surface area contributed by atoms with Crippen LogP contribution in [0.5, 0.6) is 0 Å². The van der Waals surface area contributed by atoms with Crippen molar-refractivity contribution in [2.24, 2.45) is 17.3 Å². The lowest BCUT2D eigenvalue weighted by atomic mass is 10.0. The zero-order chi connectivity index (χ0) is 24.5. The Bertz CT molecular complexity index is 347. The van der Waals surface area contributed by atoms with Crippen molar-refractivity contribution in [3.8, 4) is 0 Å². The molecule has 0 aliphatic heterocycles. The molecule has 0 amide bonds. The summed E-state index contributed by atoms with van der Waals surface area (Å²) in [6.07, 6.45) is 0. The van der Waals surface area contributed by atoms with Crippen molar-refractivity contribution in [3.05, 3.63) is 35.5 Å². The molecule has 0 spiro atoms. The van der Waals surface area contributed by atoms with Gasteiger partial charge in [-0.05, 0) is 58.8 Å². The lowest BCUT2D eigenvalue weighted by molar-refractivity contribution is 0.457. The smallest absolute Gasteiger partial charge is 0.0411 e. The van der Waals surface area contributed by atoms with Crippen LogP contribution in [-0.2, 0) is 0 Å². The summed E-state index contributed by atoms with van der Waals surface area (Å²) in [5.74, 6) is 1.70. The molecule has 0 rings (SSSR count). The molecular weight excluding hydrogens is 352 g/mol. The van der Waals surface area contributed by atoms with Crippen LogP contribution in [0.15, 0.2) is 35.5 Å². The summed E-state index contributed by atoms with van der Waals surface area (Å²) in [6.45, 7) is 46.7. The Hall–Kier alpha value is -0.563. The molecule has 0 N–H and O–H groups in total. The summed E-state index contributed by atoms with van der Waals surface area (Å²) in [6, 6.07) is 0. The third-order valence-corrected chi connectivity index (χ3v) is 3.06. The van der Waals surface area contributed by atoms with E-state index in [4.69, 9.17) is 0 Å². The van der Waals surface area contributed by atoms with Crippen molar-refractivity contribution in [2.45, 2.75) is 123 Å². The van der Waals surface area contributed by atoms with Gasteiger partial charge >= 0.3 is 0 Å². The Balaban J connectivity index is -0.0000000789. The highest BCUT2D eigenvalue weighted by Gasteiger charge is 1.99. The second-order valence-electron chi connectivity index (χ2n) is 12.0. The van der Waals surface area contributed by atoms with Gasteiger partial charge in [0.1, 0.15) is 0 Å². The van der Waals surface area contributed by atoms with Gasteiger partial charge < -0.3 is 0 Å². The van der Waals surface area contributed by atoms with Crippen LogP contribution < -0.4 is 0 Å². The third-order valence-electron chi connectivity index (χ3n) is 3.06. The van der Waals surface area contributed by atoms with E-state index in [1.54, 1.807) is 0 Å². The average Bonchev–Trinajstić information content (AvgIpc) is 2.35. The van der Waals surface area contributed by atoms with Gasteiger partial charge in [-0.25, -0.2) is 0 Å². The lowest BCUT2D eigenvalue weighted by Crippen LogP contribution is -2.10. The van der Waals surface area contributed by atoms with E-state index in [1.165, 1.54) is 11.1 Å². The highest BCUT2D eigenvalue weighted by molar-refractivity contribution is 6.74. The zero-order valence-electron chi connectivity index (χ0n) is 23.6. The van der Waals surface area contributed by atoms with Crippen LogP contribution in [0.3, 0.4) is 0 Å². The van der Waals surface area contributed by atoms with E-state index in [2.05, 4.69) is 122 Å². The van der Waals surface area contributed by atoms with E-state index in [-0.39, 0.29) is 0 Å². The van der Waals surface area contributed by atoms with Crippen LogP contribution in [-0.4, -0.2) is 8.07 Å². The molecule has 1 heteroatoms. The molecule has 0 aliphatic carbocycles. The normalized spacial score (nSPS) is 10.0. The number of rotatable bonds is 2. The standard InChI is InChI=1S/C6H14.C6H12.C6H10.C5H12.C4H12Si/c3*1-5(2)6(3)4;2*1-5(2,3)4/h5-6H,1-4H3;1-4H3;1,3H2,2,4H3;2*1-4H3. The van der Waals surface area contributed by atoms with Crippen molar-refractivity contribution >= 4 is 8.07 Å². The average molecular weight is 413 g/mol. The van der Waals surface area contributed by atoms with E-state index in [1.807, 2.05) is 13.8 Å². The predicted molar refractivity (Wildman–Crippen MR) is 143 cm³/mol.